The first-order chi connectivity index (χ1) is 53.2. The lowest BCUT2D eigenvalue weighted by molar-refractivity contribution is -0.155. The fraction of sp³-hybridized carbons (Fsp3) is 0.354. The predicted molar refractivity (Wildman–Crippen MR) is 409 cm³/mol. The fourth-order valence-electron chi connectivity index (χ4n) is 19.1. The standard InChI is InChI=1S/C27H27N3O9.C26H25N3O9.C25H23N3O9.CH4/c1-29(2)18-12-8-9-7-11-10(16-19(30(3)4)23(35)22(16)34)5-6-13(31)15(11)20(32)14(9)24(36)27(12,39)25(37)17(21(18)33)26(28)38;1-28-17-15(21(33)22(17)34)9-4-5-12(30)14-10(9)6-8-7-11-18(29(2)3)20(32)16(25(27)37)24(36)26(11,38)23(35)13(8)19(14)31;1-28(2)17-10-6-7-5-9-8(14-16(26)21(33)20(14)32)3-4-11(29)13(9)18(30)12(7)22(34)25(10,37)23(35)15(19(17)31)24(27)36;/h5-6,9,12,18,31-32,37,39H,7-8H2,1-4H3,(H2,28,38);4-5,8,11,18,28,30-31,36,38H,6-7H2,1-3H3,(H2,27,37);3-4,7,10,17,29-30,35,37H,5-6,26H2,1-2H3,(H2,27,36);1H4/t9-,12-,18-,27-;8?,11-,18-,26-;7-,10-,17-,25-;/m000./s1. The largest absolute Gasteiger partial charge is 0.508 e. The number of phenolic OH excluding ortho intramolecular Hbond substituents is 3. The number of hydrogen-bond donors (Lipinski definition) is 17. The van der Waals surface area contributed by atoms with Gasteiger partial charge in [-0.1, -0.05) is 25.6 Å². The third-order valence-corrected chi connectivity index (χ3v) is 24.1. The van der Waals surface area contributed by atoms with Gasteiger partial charge >= 0.3 is 0 Å². The SMILES string of the molecule is C.CN(C)[C@@H]1C(=O)C(C(N)=O)=C(O)[C@@]2(O)C(=O)C3=C(O)c4c(O)ccc(-c5c(N)c(=O)c5=O)c4C[C@H]3C[C@@H]12.CN(C)c1c(-c2ccc(O)c3c2C[C@H]2C[C@H]4[C@H](N(C)C)C(=O)C(C(N)=O)=C(O)[C@@]4(O)C(=O)C2=C3O)c(=O)c1=O.CNc1c(-c2ccc(O)c3c2CC2C[C@H]4[C@H](N(C)C)C(=O)C(C(N)=O)=C(O)[C@@]4(O)C(=O)C2=C3O)c(=O)c1=O. The number of carbonyl (C=O) groups is 9. The minimum Gasteiger partial charge on any atom is -0.508 e. The molecule has 0 spiro atoms. The minimum absolute atomic E-state index is 0. The zero-order valence-corrected chi connectivity index (χ0v) is 62.0. The van der Waals surface area contributed by atoms with Gasteiger partial charge in [0.1, 0.15) is 74.2 Å². The van der Waals surface area contributed by atoms with E-state index in [9.17, 15) is 133 Å². The molecular weight excluding hydrogens is 1510 g/mol. The van der Waals surface area contributed by atoms with Crippen LogP contribution in [-0.4, -0.2) is 227 Å². The van der Waals surface area contributed by atoms with Crippen molar-refractivity contribution in [1.82, 2.24) is 14.7 Å². The van der Waals surface area contributed by atoms with Gasteiger partial charge in [-0.15, -0.1) is 0 Å². The van der Waals surface area contributed by atoms with Crippen LogP contribution in [0.15, 0.2) is 116 Å². The molecule has 0 saturated heterocycles. The molecule has 21 N–H and O–H groups in total. The highest BCUT2D eigenvalue weighted by Gasteiger charge is 2.68. The van der Waals surface area contributed by atoms with Gasteiger partial charge < -0.3 is 94.4 Å². The summed E-state index contributed by atoms with van der Waals surface area (Å²) in [5.41, 5.74) is 6.57. The molecular formula is C79H79N9O27. The maximum absolute atomic E-state index is 13.9. The molecule has 0 aromatic heterocycles. The number of nitrogen functional groups attached to an aromatic ring is 1. The van der Waals surface area contributed by atoms with Crippen LogP contribution in [0.5, 0.6) is 17.2 Å². The van der Waals surface area contributed by atoms with E-state index >= 15 is 0 Å². The Balaban J connectivity index is 0.000000159. The Hall–Kier alpha value is -12.9. The number of amides is 3. The van der Waals surface area contributed by atoms with Gasteiger partial charge in [-0.2, -0.15) is 0 Å². The summed E-state index contributed by atoms with van der Waals surface area (Å²) in [6, 6.07) is 4.22. The van der Waals surface area contributed by atoms with Crippen molar-refractivity contribution in [2.45, 2.75) is 80.9 Å². The van der Waals surface area contributed by atoms with E-state index in [0.717, 1.165) is 6.07 Å². The molecule has 36 heteroatoms. The van der Waals surface area contributed by atoms with Gasteiger partial charge in [-0.25, -0.2) is 0 Å². The van der Waals surface area contributed by atoms with Crippen LogP contribution in [0.3, 0.4) is 0 Å². The van der Waals surface area contributed by atoms with Crippen molar-refractivity contribution in [3.63, 3.8) is 0 Å². The first-order valence-corrected chi connectivity index (χ1v) is 35.3. The zero-order chi connectivity index (χ0) is 84.2. The number of aromatic hydroxyl groups is 3. The molecule has 6 aromatic carbocycles. The second kappa shape index (κ2) is 27.5. The highest BCUT2D eigenvalue weighted by molar-refractivity contribution is 6.27. The first kappa shape index (κ1) is 81.6. The van der Waals surface area contributed by atoms with Crippen LogP contribution in [0, 0.1) is 35.5 Å². The zero-order valence-electron chi connectivity index (χ0n) is 62.0. The molecule has 15 rings (SSSR count). The van der Waals surface area contributed by atoms with Crippen molar-refractivity contribution in [2.24, 2.45) is 52.7 Å². The van der Waals surface area contributed by atoms with E-state index in [-0.39, 0.29) is 130 Å². The molecule has 12 atom stereocenters. The van der Waals surface area contributed by atoms with Gasteiger partial charge in [-0.05, 0) is 150 Å². The molecule has 9 aliphatic rings. The number of aliphatic hydroxyl groups excluding tert-OH is 6. The smallest absolute Gasteiger partial charge is 0.255 e. The number of anilines is 3. The molecule has 1 unspecified atom stereocenters. The third-order valence-electron chi connectivity index (χ3n) is 24.1. The van der Waals surface area contributed by atoms with Crippen LogP contribution in [0.2, 0.25) is 0 Å². The van der Waals surface area contributed by atoms with Gasteiger partial charge in [0.15, 0.2) is 34.2 Å². The number of phenols is 3. The molecule has 602 valence electrons. The van der Waals surface area contributed by atoms with Gasteiger partial charge in [0.2, 0.25) is 49.9 Å². The van der Waals surface area contributed by atoms with Gasteiger partial charge in [-0.3, -0.25) is 86.6 Å². The molecule has 6 aromatic rings. The van der Waals surface area contributed by atoms with Gasteiger partial charge in [0.05, 0.1) is 62.9 Å². The summed E-state index contributed by atoms with van der Waals surface area (Å²) in [4.78, 5) is 196. The quantitative estimate of drug-likeness (QED) is 0.0493. The highest BCUT2D eigenvalue weighted by atomic mass is 16.4. The number of Topliss-reactive ketones (excluding diaryl/α,β-unsaturated/α-hetero) is 6. The van der Waals surface area contributed by atoms with Crippen molar-refractivity contribution in [1.29, 1.82) is 0 Å². The second-order valence-corrected chi connectivity index (χ2v) is 30.7. The van der Waals surface area contributed by atoms with Crippen molar-refractivity contribution < 1.29 is 104 Å². The van der Waals surface area contributed by atoms with E-state index in [2.05, 4.69) is 5.32 Å². The summed E-state index contributed by atoms with van der Waals surface area (Å²) in [5.74, 6) is -22.9. The lowest BCUT2D eigenvalue weighted by atomic mass is 9.57. The number of rotatable bonds is 11. The molecule has 0 heterocycles. The molecule has 0 bridgehead atoms. The maximum atomic E-state index is 13.9. The Morgan fingerprint density at radius 3 is 0.948 bits per heavy atom. The van der Waals surface area contributed by atoms with Gasteiger partial charge in [0.25, 0.3) is 17.7 Å². The number of ketones is 6. The number of fused-ring (bicyclic) bond motifs is 9. The lowest BCUT2D eigenvalue weighted by Crippen LogP contribution is -2.65. The fourth-order valence-corrected chi connectivity index (χ4v) is 19.1. The Labute approximate surface area is 648 Å². The van der Waals surface area contributed by atoms with Crippen molar-refractivity contribution in [3.8, 4) is 50.6 Å². The molecule has 0 radical (unpaired) electrons. The molecule has 3 fully saturated rings. The molecule has 115 heavy (non-hydrogen) atoms. The van der Waals surface area contributed by atoms with Crippen LogP contribution in [0.25, 0.3) is 50.7 Å². The number of nitrogens with one attached hydrogen (secondary N) is 1. The van der Waals surface area contributed by atoms with Crippen LogP contribution in [0.1, 0.15) is 60.1 Å². The average molecular weight is 1590 g/mol. The van der Waals surface area contributed by atoms with E-state index in [4.69, 9.17) is 22.9 Å². The van der Waals surface area contributed by atoms with Crippen LogP contribution in [0.4, 0.5) is 17.1 Å². The average Bonchev–Trinajstić information content (AvgIpc) is 0.702. The summed E-state index contributed by atoms with van der Waals surface area (Å²) >= 11 is 0. The number of nitrogens with zero attached hydrogens (tertiary/aromatic N) is 4. The number of carbonyl (C=O) groups excluding carboxylic acids is 9. The van der Waals surface area contributed by atoms with E-state index < -0.39 is 224 Å². The normalized spacial score (nSPS) is 26.7. The van der Waals surface area contributed by atoms with Crippen molar-refractivity contribution >= 4 is 86.8 Å². The van der Waals surface area contributed by atoms with E-state index in [0.29, 0.717) is 16.7 Å². The number of likely N-dealkylation sites (N-methyl/N-ethyl adjacent to an activating group) is 3. The Morgan fingerprint density at radius 2 is 0.678 bits per heavy atom. The summed E-state index contributed by atoms with van der Waals surface area (Å²) in [7, 11) is 13.7. The van der Waals surface area contributed by atoms with E-state index in [1.807, 2.05) is 0 Å². The maximum Gasteiger partial charge on any atom is 0.255 e. The van der Waals surface area contributed by atoms with Crippen LogP contribution < -0.4 is 65.7 Å². The Kier molecular flexibility index (Phi) is 19.5. The number of hydrogen-bond acceptors (Lipinski definition) is 33. The number of benzene rings is 3. The van der Waals surface area contributed by atoms with Crippen LogP contribution >= 0.6 is 0 Å². The van der Waals surface area contributed by atoms with E-state index in [1.165, 1.54) is 99.3 Å². The Bertz CT molecular complexity index is 5980. The first-order valence-electron chi connectivity index (χ1n) is 35.3. The van der Waals surface area contributed by atoms with Gasteiger partial charge in [0, 0.05) is 55.6 Å². The number of aliphatic hydroxyl groups is 9. The third kappa shape index (κ3) is 10.9. The lowest BCUT2D eigenvalue weighted by Gasteiger charge is -2.50. The van der Waals surface area contributed by atoms with Crippen molar-refractivity contribution in [2.75, 3.05) is 79.4 Å². The van der Waals surface area contributed by atoms with E-state index in [1.54, 1.807) is 14.1 Å². The molecule has 0 aliphatic heterocycles. The predicted octanol–water partition coefficient (Wildman–Crippen LogP) is -1.99. The Morgan fingerprint density at radius 1 is 0.400 bits per heavy atom. The highest BCUT2D eigenvalue weighted by Crippen LogP contribution is 2.58. The van der Waals surface area contributed by atoms with Crippen LogP contribution in [-0.2, 0) is 62.4 Å². The topological polar surface area (TPSA) is 628 Å². The molecule has 3 amide bonds. The summed E-state index contributed by atoms with van der Waals surface area (Å²) < 4.78 is 0. The summed E-state index contributed by atoms with van der Waals surface area (Å²) in [6.07, 6.45) is -0.317. The molecule has 9 aliphatic carbocycles. The number of primary amides is 3. The summed E-state index contributed by atoms with van der Waals surface area (Å²) in [6.45, 7) is 0. The van der Waals surface area contributed by atoms with Crippen molar-refractivity contribution in [3.05, 3.63) is 182 Å². The second-order valence-electron chi connectivity index (χ2n) is 30.7. The molecule has 36 nitrogen and oxygen atoms in total. The summed E-state index contributed by atoms with van der Waals surface area (Å²) in [5, 5.41) is 136. The molecule has 3 saturated carbocycles. The number of nitrogens with two attached hydrogens (primary N) is 4. The minimum atomic E-state index is -2.75. The monoisotopic (exact) mass is 1590 g/mol.